The van der Waals surface area contributed by atoms with E-state index in [2.05, 4.69) is 17.6 Å². The van der Waals surface area contributed by atoms with E-state index in [4.69, 9.17) is 4.74 Å². The Morgan fingerprint density at radius 2 is 1.69 bits per heavy atom. The fourth-order valence-corrected chi connectivity index (χ4v) is 9.62. The van der Waals surface area contributed by atoms with Crippen LogP contribution in [0.25, 0.3) is 0 Å². The minimum absolute atomic E-state index is 0.00589. The molecule has 3 fully saturated rings. The SMILES string of the molecule is COc1ccc(NC(=O)C2N([C@H](CO)c3ccccc3)C(=O)[C@@H]3[C@@H](C(=O)NCc4ccccc4)[C@H]4CC(C)C23S4)cc1. The zero-order valence-electron chi connectivity index (χ0n) is 23.6. The highest BCUT2D eigenvalue weighted by Crippen LogP contribution is 2.69. The van der Waals surface area contributed by atoms with Crippen molar-refractivity contribution < 1.29 is 24.2 Å². The van der Waals surface area contributed by atoms with Crippen LogP contribution in [0.3, 0.4) is 0 Å². The van der Waals surface area contributed by atoms with Gasteiger partial charge in [-0.1, -0.05) is 67.6 Å². The number of carbonyl (C=O) groups excluding carboxylic acids is 3. The van der Waals surface area contributed by atoms with Gasteiger partial charge >= 0.3 is 0 Å². The molecule has 3 heterocycles. The summed E-state index contributed by atoms with van der Waals surface area (Å²) in [6, 6.07) is 24.4. The second kappa shape index (κ2) is 11.5. The summed E-state index contributed by atoms with van der Waals surface area (Å²) < 4.78 is 4.45. The largest absolute Gasteiger partial charge is 0.497 e. The Hall–Kier alpha value is -3.82. The molecule has 3 aliphatic heterocycles. The van der Waals surface area contributed by atoms with E-state index in [1.165, 1.54) is 0 Å². The van der Waals surface area contributed by atoms with Crippen molar-refractivity contribution in [2.24, 2.45) is 17.8 Å². The van der Waals surface area contributed by atoms with E-state index < -0.39 is 28.7 Å². The van der Waals surface area contributed by atoms with E-state index in [9.17, 15) is 19.5 Å². The molecule has 3 N–H and O–H groups in total. The number of hydrogen-bond donors (Lipinski definition) is 3. The van der Waals surface area contributed by atoms with E-state index in [1.807, 2.05) is 60.7 Å². The van der Waals surface area contributed by atoms with Crippen molar-refractivity contribution in [2.75, 3.05) is 19.0 Å². The summed E-state index contributed by atoms with van der Waals surface area (Å²) in [6.07, 6.45) is 0.729. The minimum Gasteiger partial charge on any atom is -0.497 e. The maximum absolute atomic E-state index is 14.6. The Bertz CT molecular complexity index is 1450. The maximum Gasteiger partial charge on any atom is 0.248 e. The number of nitrogens with one attached hydrogen (secondary N) is 2. The highest BCUT2D eigenvalue weighted by atomic mass is 32.2. The number of benzene rings is 3. The lowest BCUT2D eigenvalue weighted by Gasteiger charge is -2.40. The molecule has 0 aliphatic carbocycles. The molecule has 7 atom stereocenters. The van der Waals surface area contributed by atoms with Gasteiger partial charge in [0.15, 0.2) is 0 Å². The fraction of sp³-hybridized carbons (Fsp3) is 0.364. The molecule has 218 valence electrons. The Morgan fingerprint density at radius 3 is 2.33 bits per heavy atom. The van der Waals surface area contributed by atoms with Crippen molar-refractivity contribution in [3.05, 3.63) is 96.1 Å². The number of fused-ring (bicyclic) bond motifs is 1. The molecule has 3 aromatic carbocycles. The average molecular weight is 586 g/mol. The predicted octanol–water partition coefficient (Wildman–Crippen LogP) is 4.02. The van der Waals surface area contributed by atoms with E-state index in [0.29, 0.717) is 18.0 Å². The Labute approximate surface area is 249 Å². The lowest BCUT2D eigenvalue weighted by atomic mass is 9.66. The first-order valence-corrected chi connectivity index (χ1v) is 15.2. The van der Waals surface area contributed by atoms with Crippen LogP contribution in [0.4, 0.5) is 5.69 Å². The van der Waals surface area contributed by atoms with Crippen LogP contribution in [0.5, 0.6) is 5.75 Å². The van der Waals surface area contributed by atoms with E-state index >= 15 is 0 Å². The molecule has 3 unspecified atom stereocenters. The van der Waals surface area contributed by atoms with Gasteiger partial charge in [0.1, 0.15) is 11.8 Å². The van der Waals surface area contributed by atoms with E-state index in [0.717, 1.165) is 17.5 Å². The fourth-order valence-electron chi connectivity index (χ4n) is 7.21. The van der Waals surface area contributed by atoms with Crippen molar-refractivity contribution in [3.8, 4) is 5.75 Å². The van der Waals surface area contributed by atoms with Crippen molar-refractivity contribution >= 4 is 35.2 Å². The molecule has 2 bridgehead atoms. The number of methoxy groups -OCH3 is 1. The normalized spacial score (nSPS) is 28.3. The molecule has 0 saturated carbocycles. The number of thioether (sulfide) groups is 1. The van der Waals surface area contributed by atoms with Gasteiger partial charge in [-0.25, -0.2) is 0 Å². The molecule has 3 amide bonds. The van der Waals surface area contributed by atoms with Gasteiger partial charge in [0, 0.05) is 17.5 Å². The number of anilines is 1. The van der Waals surface area contributed by atoms with E-state index in [-0.39, 0.29) is 35.5 Å². The van der Waals surface area contributed by atoms with Gasteiger partial charge in [-0.15, -0.1) is 11.8 Å². The van der Waals surface area contributed by atoms with Crippen LogP contribution in [-0.2, 0) is 20.9 Å². The molecule has 6 rings (SSSR count). The summed E-state index contributed by atoms with van der Waals surface area (Å²) in [5.41, 5.74) is 2.30. The molecule has 0 aromatic heterocycles. The second-order valence-corrected chi connectivity index (χ2v) is 12.9. The van der Waals surface area contributed by atoms with Crippen LogP contribution in [-0.4, -0.2) is 57.5 Å². The first-order valence-electron chi connectivity index (χ1n) is 14.3. The quantitative estimate of drug-likeness (QED) is 0.350. The molecule has 9 heteroatoms. The number of aliphatic hydroxyl groups excluding tert-OH is 1. The van der Waals surface area contributed by atoms with Crippen molar-refractivity contribution in [1.29, 1.82) is 0 Å². The van der Waals surface area contributed by atoms with Gasteiger partial charge in [-0.05, 0) is 47.7 Å². The monoisotopic (exact) mass is 585 g/mol. The zero-order chi connectivity index (χ0) is 29.4. The van der Waals surface area contributed by atoms with Crippen LogP contribution in [0, 0.1) is 17.8 Å². The number of ether oxygens (including phenoxy) is 1. The Morgan fingerprint density at radius 1 is 1.02 bits per heavy atom. The number of carbonyl (C=O) groups is 3. The lowest BCUT2D eigenvalue weighted by Crippen LogP contribution is -2.55. The number of hydrogen-bond acceptors (Lipinski definition) is 6. The third kappa shape index (κ3) is 4.65. The zero-order valence-corrected chi connectivity index (χ0v) is 24.4. The molecular formula is C33H35N3O5S. The molecule has 8 nitrogen and oxygen atoms in total. The first-order chi connectivity index (χ1) is 20.4. The van der Waals surface area contributed by atoms with Crippen LogP contribution in [0.15, 0.2) is 84.9 Å². The molecule has 1 spiro atoms. The summed E-state index contributed by atoms with van der Waals surface area (Å²) in [5, 5.41) is 16.7. The number of nitrogens with zero attached hydrogens (tertiary/aromatic N) is 1. The molecule has 42 heavy (non-hydrogen) atoms. The molecule has 3 saturated heterocycles. The van der Waals surface area contributed by atoms with Crippen LogP contribution >= 0.6 is 11.8 Å². The van der Waals surface area contributed by atoms with Gasteiger partial charge in [0.2, 0.25) is 17.7 Å². The van der Waals surface area contributed by atoms with Gasteiger partial charge in [-0.3, -0.25) is 14.4 Å². The van der Waals surface area contributed by atoms with Crippen molar-refractivity contribution in [3.63, 3.8) is 0 Å². The summed E-state index contributed by atoms with van der Waals surface area (Å²) in [7, 11) is 1.58. The summed E-state index contributed by atoms with van der Waals surface area (Å²) >= 11 is 1.61. The molecule has 3 aliphatic rings. The van der Waals surface area contributed by atoms with Gasteiger partial charge in [0.05, 0.1) is 36.3 Å². The molecule has 3 aromatic rings. The number of aliphatic hydroxyl groups is 1. The smallest absolute Gasteiger partial charge is 0.248 e. The first kappa shape index (κ1) is 28.3. The average Bonchev–Trinajstić information content (AvgIpc) is 3.61. The number of amides is 3. The van der Waals surface area contributed by atoms with E-state index in [1.54, 1.807) is 48.0 Å². The topological polar surface area (TPSA) is 108 Å². The van der Waals surface area contributed by atoms with Crippen LogP contribution < -0.4 is 15.4 Å². The highest BCUT2D eigenvalue weighted by molar-refractivity contribution is 8.02. The standard InChI is InChI=1S/C33H35N3O5S/c1-20-17-26-27(30(38)34-18-21-9-5-3-6-10-21)28-32(40)36(25(19-37)22-11-7-4-8-12-22)29(33(20,28)42-26)31(39)35-23-13-15-24(41-2)16-14-23/h3-16,20,25-29,37H,17-19H2,1-2H3,(H,34,38)(H,35,39)/t20?,25-,26-,27+,28+,29?,33?/m1/s1. The minimum atomic E-state index is -0.883. The van der Waals surface area contributed by atoms with Gasteiger partial charge in [0.25, 0.3) is 0 Å². The third-order valence-electron chi connectivity index (χ3n) is 9.09. The summed E-state index contributed by atoms with van der Waals surface area (Å²) in [4.78, 5) is 44.2. The van der Waals surface area contributed by atoms with Crippen molar-refractivity contribution in [1.82, 2.24) is 10.2 Å². The van der Waals surface area contributed by atoms with Crippen LogP contribution in [0.1, 0.15) is 30.5 Å². The van der Waals surface area contributed by atoms with Crippen LogP contribution in [0.2, 0.25) is 0 Å². The highest BCUT2D eigenvalue weighted by Gasteiger charge is 2.76. The lowest BCUT2D eigenvalue weighted by molar-refractivity contribution is -0.142. The Kier molecular flexibility index (Phi) is 7.72. The number of rotatable bonds is 9. The molecule has 0 radical (unpaired) electrons. The van der Waals surface area contributed by atoms with Gasteiger partial charge in [-0.2, -0.15) is 0 Å². The predicted molar refractivity (Wildman–Crippen MR) is 162 cm³/mol. The second-order valence-electron chi connectivity index (χ2n) is 11.3. The van der Waals surface area contributed by atoms with Gasteiger partial charge < -0.3 is 25.4 Å². The maximum atomic E-state index is 14.6. The molecular weight excluding hydrogens is 550 g/mol. The summed E-state index contributed by atoms with van der Waals surface area (Å²) in [6.45, 7) is 2.10. The van der Waals surface area contributed by atoms with Crippen molar-refractivity contribution in [2.45, 2.75) is 42.0 Å². The summed E-state index contributed by atoms with van der Waals surface area (Å²) in [5.74, 6) is -1.33. The Balaban J connectivity index is 1.37. The third-order valence-corrected chi connectivity index (χ3v) is 11.2. The number of likely N-dealkylation sites (tertiary alicyclic amines) is 1.